The fraction of sp³-hybridized carbons (Fsp3) is 0.647. The molecule has 1 aromatic carbocycles. The number of methoxy groups -OCH3 is 1. The third-order valence-corrected chi connectivity index (χ3v) is 4.37. The average molecular weight is 291 g/mol. The van der Waals surface area contributed by atoms with Gasteiger partial charge < -0.3 is 15.4 Å². The van der Waals surface area contributed by atoms with Crippen molar-refractivity contribution in [3.8, 4) is 5.75 Å². The van der Waals surface area contributed by atoms with Gasteiger partial charge in [-0.3, -0.25) is 4.90 Å². The normalized spacial score (nSPS) is 18.6. The summed E-state index contributed by atoms with van der Waals surface area (Å²) in [6.07, 6.45) is 0. The molecule has 2 N–H and O–H groups in total. The number of nitrogens with zero attached hydrogens (tertiary/aromatic N) is 2. The molecule has 0 aromatic heterocycles. The molecule has 1 atom stereocenters. The topological polar surface area (TPSA) is 41.7 Å². The average Bonchev–Trinajstić information content (AvgIpc) is 2.47. The van der Waals surface area contributed by atoms with Gasteiger partial charge >= 0.3 is 0 Å². The van der Waals surface area contributed by atoms with Crippen LogP contribution >= 0.6 is 0 Å². The van der Waals surface area contributed by atoms with Crippen molar-refractivity contribution in [1.82, 2.24) is 4.90 Å². The summed E-state index contributed by atoms with van der Waals surface area (Å²) in [6.45, 7) is 11.8. The smallest absolute Gasteiger partial charge is 0.142 e. The monoisotopic (exact) mass is 291 g/mol. The van der Waals surface area contributed by atoms with Gasteiger partial charge in [-0.2, -0.15) is 0 Å². The van der Waals surface area contributed by atoms with Crippen LogP contribution in [0.4, 0.5) is 5.69 Å². The molecule has 1 aromatic rings. The Morgan fingerprint density at radius 1 is 1.14 bits per heavy atom. The standard InChI is InChI=1S/C17H29N3O/c1-17(2,3)16(18)13-19-9-11-20(12-10-19)14-7-5-6-8-15(14)21-4/h5-8,16H,9-13,18H2,1-4H3. The molecule has 4 nitrogen and oxygen atoms in total. The quantitative estimate of drug-likeness (QED) is 0.923. The summed E-state index contributed by atoms with van der Waals surface area (Å²) in [7, 11) is 1.73. The van der Waals surface area contributed by atoms with E-state index < -0.39 is 0 Å². The van der Waals surface area contributed by atoms with Crippen LogP contribution < -0.4 is 15.4 Å². The second-order valence-corrected chi connectivity index (χ2v) is 6.93. The van der Waals surface area contributed by atoms with Gasteiger partial charge in [0.15, 0.2) is 0 Å². The zero-order valence-corrected chi connectivity index (χ0v) is 13.8. The van der Waals surface area contributed by atoms with E-state index in [4.69, 9.17) is 10.5 Å². The van der Waals surface area contributed by atoms with Gasteiger partial charge in [0, 0.05) is 38.8 Å². The molecule has 2 rings (SSSR count). The van der Waals surface area contributed by atoms with Crippen molar-refractivity contribution in [1.29, 1.82) is 0 Å². The molecule has 118 valence electrons. The molecule has 0 spiro atoms. The van der Waals surface area contributed by atoms with Crippen molar-refractivity contribution in [2.24, 2.45) is 11.1 Å². The Balaban J connectivity index is 1.91. The second kappa shape index (κ2) is 6.67. The van der Waals surface area contributed by atoms with Crippen LogP contribution in [0, 0.1) is 5.41 Å². The van der Waals surface area contributed by atoms with Crippen LogP contribution in [-0.4, -0.2) is 50.8 Å². The van der Waals surface area contributed by atoms with Crippen molar-refractivity contribution in [3.63, 3.8) is 0 Å². The van der Waals surface area contributed by atoms with Crippen LogP contribution in [-0.2, 0) is 0 Å². The maximum Gasteiger partial charge on any atom is 0.142 e. The lowest BCUT2D eigenvalue weighted by Gasteiger charge is -2.39. The van der Waals surface area contributed by atoms with Crippen LogP contribution in [0.3, 0.4) is 0 Å². The van der Waals surface area contributed by atoms with E-state index in [0.717, 1.165) is 38.5 Å². The maximum atomic E-state index is 6.30. The molecule has 1 aliphatic rings. The van der Waals surface area contributed by atoms with E-state index in [1.807, 2.05) is 12.1 Å². The summed E-state index contributed by atoms with van der Waals surface area (Å²) < 4.78 is 5.46. The van der Waals surface area contributed by atoms with E-state index >= 15 is 0 Å². The summed E-state index contributed by atoms with van der Waals surface area (Å²) in [5.74, 6) is 0.956. The first kappa shape index (κ1) is 16.1. The van der Waals surface area contributed by atoms with Crippen LogP contribution in [0.2, 0.25) is 0 Å². The Morgan fingerprint density at radius 3 is 2.33 bits per heavy atom. The minimum atomic E-state index is 0.166. The Morgan fingerprint density at radius 2 is 1.76 bits per heavy atom. The Bertz CT molecular complexity index is 448. The highest BCUT2D eigenvalue weighted by atomic mass is 16.5. The number of para-hydroxylation sites is 2. The lowest BCUT2D eigenvalue weighted by atomic mass is 9.87. The van der Waals surface area contributed by atoms with Crippen LogP contribution in [0.15, 0.2) is 24.3 Å². The van der Waals surface area contributed by atoms with Crippen LogP contribution in [0.25, 0.3) is 0 Å². The molecular weight excluding hydrogens is 262 g/mol. The summed E-state index contributed by atoms with van der Waals surface area (Å²) >= 11 is 0. The minimum absolute atomic E-state index is 0.166. The third-order valence-electron chi connectivity index (χ3n) is 4.37. The van der Waals surface area contributed by atoms with Gasteiger partial charge in [-0.1, -0.05) is 32.9 Å². The molecule has 0 aliphatic carbocycles. The summed E-state index contributed by atoms with van der Waals surface area (Å²) in [6, 6.07) is 8.46. The molecule has 0 radical (unpaired) electrons. The van der Waals surface area contributed by atoms with E-state index in [-0.39, 0.29) is 11.5 Å². The van der Waals surface area contributed by atoms with Gasteiger partial charge in [0.05, 0.1) is 12.8 Å². The number of piperazine rings is 1. The number of benzene rings is 1. The molecule has 1 heterocycles. The fourth-order valence-electron chi connectivity index (χ4n) is 2.61. The highest BCUT2D eigenvalue weighted by Crippen LogP contribution is 2.28. The van der Waals surface area contributed by atoms with E-state index in [0.29, 0.717) is 0 Å². The van der Waals surface area contributed by atoms with Crippen molar-refractivity contribution >= 4 is 5.69 Å². The van der Waals surface area contributed by atoms with E-state index in [1.165, 1.54) is 5.69 Å². The van der Waals surface area contributed by atoms with Gasteiger partial charge in [-0.25, -0.2) is 0 Å². The summed E-state index contributed by atoms with van der Waals surface area (Å²) in [5, 5.41) is 0. The summed E-state index contributed by atoms with van der Waals surface area (Å²) in [4.78, 5) is 4.87. The number of ether oxygens (including phenoxy) is 1. The first-order valence-electron chi connectivity index (χ1n) is 7.77. The van der Waals surface area contributed by atoms with Crippen molar-refractivity contribution in [2.45, 2.75) is 26.8 Å². The zero-order valence-electron chi connectivity index (χ0n) is 13.8. The van der Waals surface area contributed by atoms with Gasteiger partial charge in [0.25, 0.3) is 0 Å². The number of rotatable bonds is 4. The first-order chi connectivity index (χ1) is 9.91. The molecule has 4 heteroatoms. The van der Waals surface area contributed by atoms with Gasteiger partial charge in [-0.15, -0.1) is 0 Å². The molecule has 21 heavy (non-hydrogen) atoms. The van der Waals surface area contributed by atoms with E-state index in [9.17, 15) is 0 Å². The largest absolute Gasteiger partial charge is 0.495 e. The van der Waals surface area contributed by atoms with Crippen molar-refractivity contribution in [3.05, 3.63) is 24.3 Å². The zero-order chi connectivity index (χ0) is 15.5. The maximum absolute atomic E-state index is 6.30. The Hall–Kier alpha value is -1.26. The highest BCUT2D eigenvalue weighted by Gasteiger charge is 2.25. The Labute approximate surface area is 128 Å². The van der Waals surface area contributed by atoms with Crippen molar-refractivity contribution < 1.29 is 4.74 Å². The molecule has 0 amide bonds. The molecule has 1 unspecified atom stereocenters. The van der Waals surface area contributed by atoms with Crippen molar-refractivity contribution in [2.75, 3.05) is 44.7 Å². The predicted octanol–water partition coefficient (Wildman–Crippen LogP) is 2.19. The minimum Gasteiger partial charge on any atom is -0.495 e. The highest BCUT2D eigenvalue weighted by molar-refractivity contribution is 5.58. The number of hydrogen-bond donors (Lipinski definition) is 1. The van der Waals surface area contributed by atoms with E-state index in [1.54, 1.807) is 7.11 Å². The first-order valence-corrected chi connectivity index (χ1v) is 7.77. The van der Waals surface area contributed by atoms with Gasteiger partial charge in [0.2, 0.25) is 0 Å². The lowest BCUT2D eigenvalue weighted by molar-refractivity contribution is 0.190. The van der Waals surface area contributed by atoms with Crippen LogP contribution in [0.1, 0.15) is 20.8 Å². The van der Waals surface area contributed by atoms with Crippen LogP contribution in [0.5, 0.6) is 5.75 Å². The second-order valence-electron chi connectivity index (χ2n) is 6.93. The number of nitrogens with two attached hydrogens (primary N) is 1. The molecule has 1 saturated heterocycles. The van der Waals surface area contributed by atoms with Gasteiger partial charge in [0.1, 0.15) is 5.75 Å². The molecule has 0 saturated carbocycles. The molecular formula is C17H29N3O. The molecule has 1 fully saturated rings. The lowest BCUT2D eigenvalue weighted by Crippen LogP contribution is -2.52. The summed E-state index contributed by atoms with van der Waals surface area (Å²) in [5.41, 5.74) is 7.66. The SMILES string of the molecule is COc1ccccc1N1CCN(CC(N)C(C)(C)C)CC1. The van der Waals surface area contributed by atoms with Gasteiger partial charge in [-0.05, 0) is 17.5 Å². The number of anilines is 1. The third kappa shape index (κ3) is 4.11. The fourth-order valence-corrected chi connectivity index (χ4v) is 2.61. The number of hydrogen-bond acceptors (Lipinski definition) is 4. The van der Waals surface area contributed by atoms with E-state index in [2.05, 4.69) is 42.7 Å². The molecule has 1 aliphatic heterocycles. The Kier molecular flexibility index (Phi) is 5.12. The molecule has 0 bridgehead atoms. The predicted molar refractivity (Wildman–Crippen MR) is 89.1 cm³/mol.